The summed E-state index contributed by atoms with van der Waals surface area (Å²) < 4.78 is 6.09. The van der Waals surface area contributed by atoms with Crippen LogP contribution in [0, 0.1) is 10.1 Å². The lowest BCUT2D eigenvalue weighted by Gasteiger charge is -2.10. The van der Waals surface area contributed by atoms with Crippen LogP contribution in [0.1, 0.15) is 15.9 Å². The zero-order valence-electron chi connectivity index (χ0n) is 10.6. The molecule has 0 aliphatic carbocycles. The molecule has 0 amide bonds. The highest BCUT2D eigenvalue weighted by molar-refractivity contribution is 9.10. The van der Waals surface area contributed by atoms with Crippen LogP contribution in [0.3, 0.4) is 0 Å². The summed E-state index contributed by atoms with van der Waals surface area (Å²) in [5, 5.41) is 11.3. The van der Waals surface area contributed by atoms with E-state index in [9.17, 15) is 14.9 Å². The van der Waals surface area contributed by atoms with Gasteiger partial charge in [-0.15, -0.1) is 0 Å². The van der Waals surface area contributed by atoms with Gasteiger partial charge in [-0.25, -0.2) is 0 Å². The Kier molecular flexibility index (Phi) is 4.93. The first kappa shape index (κ1) is 15.5. The molecule has 0 spiro atoms. The van der Waals surface area contributed by atoms with E-state index in [0.29, 0.717) is 21.9 Å². The van der Waals surface area contributed by atoms with Crippen molar-refractivity contribution in [1.29, 1.82) is 0 Å². The minimum absolute atomic E-state index is 0.0613. The third-order valence-electron chi connectivity index (χ3n) is 2.74. The molecule has 0 saturated carbocycles. The van der Waals surface area contributed by atoms with Gasteiger partial charge in [-0.2, -0.15) is 0 Å². The molecule has 0 aliphatic heterocycles. The van der Waals surface area contributed by atoms with E-state index in [4.69, 9.17) is 16.3 Å². The van der Waals surface area contributed by atoms with E-state index in [1.54, 1.807) is 30.3 Å². The van der Waals surface area contributed by atoms with Crippen LogP contribution in [-0.2, 0) is 6.61 Å². The van der Waals surface area contributed by atoms with Gasteiger partial charge in [0, 0.05) is 10.5 Å². The summed E-state index contributed by atoms with van der Waals surface area (Å²) in [4.78, 5) is 21.5. The lowest BCUT2D eigenvalue weighted by Crippen LogP contribution is -2.02. The average Bonchev–Trinajstić information content (AvgIpc) is 2.46. The molecule has 2 rings (SSSR count). The minimum Gasteiger partial charge on any atom is -0.486 e. The Hall–Kier alpha value is -1.92. The number of nitrogens with zero attached hydrogens (tertiary/aromatic N) is 1. The van der Waals surface area contributed by atoms with Crippen LogP contribution in [0.15, 0.2) is 40.9 Å². The van der Waals surface area contributed by atoms with Crippen molar-refractivity contribution in [2.45, 2.75) is 6.61 Å². The van der Waals surface area contributed by atoms with Gasteiger partial charge in [0.2, 0.25) is 0 Å². The first-order chi connectivity index (χ1) is 10.0. The molecule has 5 nitrogen and oxygen atoms in total. The summed E-state index contributed by atoms with van der Waals surface area (Å²) in [7, 11) is 0. The maximum Gasteiger partial charge on any atom is 0.277 e. The van der Waals surface area contributed by atoms with Crippen molar-refractivity contribution in [2.24, 2.45) is 0 Å². The monoisotopic (exact) mass is 369 g/mol. The Labute approximate surface area is 133 Å². The maximum absolute atomic E-state index is 11.0. The summed E-state index contributed by atoms with van der Waals surface area (Å²) in [6.07, 6.45) is 0.622. The lowest BCUT2D eigenvalue weighted by atomic mass is 10.2. The fourth-order valence-electron chi connectivity index (χ4n) is 1.75. The number of ether oxygens (including phenoxy) is 1. The summed E-state index contributed by atoms with van der Waals surface area (Å²) >= 11 is 9.16. The largest absolute Gasteiger partial charge is 0.486 e. The SMILES string of the molecule is O=Cc1cccc(Cl)c1OCc1ccc(Br)cc1[N+](=O)[O-]. The van der Waals surface area contributed by atoms with Crippen molar-refractivity contribution >= 4 is 39.5 Å². The Bertz CT molecular complexity index is 705. The molecule has 0 N–H and O–H groups in total. The molecule has 0 aliphatic rings. The Morgan fingerprint density at radius 1 is 1.33 bits per heavy atom. The second-order valence-corrected chi connectivity index (χ2v) is 5.42. The van der Waals surface area contributed by atoms with E-state index in [1.807, 2.05) is 0 Å². The molecular formula is C14H9BrClNO4. The number of carbonyl (C=O) groups is 1. The van der Waals surface area contributed by atoms with Gasteiger partial charge in [0.25, 0.3) is 5.69 Å². The Morgan fingerprint density at radius 3 is 2.76 bits per heavy atom. The van der Waals surface area contributed by atoms with Crippen LogP contribution >= 0.6 is 27.5 Å². The zero-order valence-corrected chi connectivity index (χ0v) is 12.9. The van der Waals surface area contributed by atoms with Gasteiger partial charge in [-0.05, 0) is 24.3 Å². The molecule has 0 saturated heterocycles. The first-order valence-electron chi connectivity index (χ1n) is 5.82. The standard InChI is InChI=1S/C14H9BrClNO4/c15-11-5-4-10(13(6-11)17(19)20)8-21-14-9(7-18)2-1-3-12(14)16/h1-7H,8H2. The molecule has 0 bridgehead atoms. The second-order valence-electron chi connectivity index (χ2n) is 4.09. The van der Waals surface area contributed by atoms with E-state index in [0.717, 1.165) is 0 Å². The Balaban J connectivity index is 2.29. The third kappa shape index (κ3) is 3.59. The average molecular weight is 371 g/mol. The normalized spacial score (nSPS) is 10.2. The number of nitro benzene ring substituents is 1. The summed E-state index contributed by atoms with van der Waals surface area (Å²) in [5.74, 6) is 0.214. The van der Waals surface area contributed by atoms with Crippen molar-refractivity contribution in [3.05, 3.63) is 67.1 Å². The van der Waals surface area contributed by atoms with Gasteiger partial charge in [-0.3, -0.25) is 14.9 Å². The molecule has 0 fully saturated rings. The predicted octanol–water partition coefficient (Wildman–Crippen LogP) is 4.40. The number of nitro groups is 1. The van der Waals surface area contributed by atoms with Gasteiger partial charge in [-0.1, -0.05) is 33.6 Å². The molecule has 0 atom stereocenters. The molecule has 7 heteroatoms. The van der Waals surface area contributed by atoms with Gasteiger partial charge in [0.15, 0.2) is 6.29 Å². The van der Waals surface area contributed by atoms with Crippen LogP contribution < -0.4 is 4.74 Å². The zero-order chi connectivity index (χ0) is 15.4. The van der Waals surface area contributed by atoms with Crippen molar-refractivity contribution in [2.75, 3.05) is 0 Å². The predicted molar refractivity (Wildman–Crippen MR) is 82.0 cm³/mol. The van der Waals surface area contributed by atoms with E-state index < -0.39 is 4.92 Å². The van der Waals surface area contributed by atoms with Gasteiger partial charge < -0.3 is 4.74 Å². The van der Waals surface area contributed by atoms with Gasteiger partial charge in [0.05, 0.1) is 21.1 Å². The highest BCUT2D eigenvalue weighted by Gasteiger charge is 2.16. The molecule has 0 unspecified atom stereocenters. The van der Waals surface area contributed by atoms with E-state index in [2.05, 4.69) is 15.9 Å². The van der Waals surface area contributed by atoms with Crippen LogP contribution in [-0.4, -0.2) is 11.2 Å². The van der Waals surface area contributed by atoms with Crippen LogP contribution in [0.2, 0.25) is 5.02 Å². The maximum atomic E-state index is 11.0. The number of hydrogen-bond acceptors (Lipinski definition) is 4. The number of hydrogen-bond donors (Lipinski definition) is 0. The second kappa shape index (κ2) is 6.69. The van der Waals surface area contributed by atoms with Crippen molar-refractivity contribution in [1.82, 2.24) is 0 Å². The molecule has 0 radical (unpaired) electrons. The highest BCUT2D eigenvalue weighted by atomic mass is 79.9. The van der Waals surface area contributed by atoms with Gasteiger partial charge >= 0.3 is 0 Å². The molecule has 108 valence electrons. The van der Waals surface area contributed by atoms with E-state index in [-0.39, 0.29) is 23.1 Å². The number of benzene rings is 2. The fourth-order valence-corrected chi connectivity index (χ4v) is 2.33. The van der Waals surface area contributed by atoms with Crippen LogP contribution in [0.4, 0.5) is 5.69 Å². The van der Waals surface area contributed by atoms with E-state index >= 15 is 0 Å². The van der Waals surface area contributed by atoms with Crippen molar-refractivity contribution < 1.29 is 14.5 Å². The fraction of sp³-hybridized carbons (Fsp3) is 0.0714. The summed E-state index contributed by atoms with van der Waals surface area (Å²) in [6.45, 7) is -0.0613. The summed E-state index contributed by atoms with van der Waals surface area (Å²) in [5.41, 5.74) is 0.617. The van der Waals surface area contributed by atoms with E-state index in [1.165, 1.54) is 6.07 Å². The molecule has 0 heterocycles. The topological polar surface area (TPSA) is 69.4 Å². The highest BCUT2D eigenvalue weighted by Crippen LogP contribution is 2.30. The molecule has 0 aromatic heterocycles. The Morgan fingerprint density at radius 2 is 2.10 bits per heavy atom. The molecular weight excluding hydrogens is 362 g/mol. The molecule has 21 heavy (non-hydrogen) atoms. The quantitative estimate of drug-likeness (QED) is 0.444. The number of carbonyl (C=O) groups excluding carboxylic acids is 1. The smallest absolute Gasteiger partial charge is 0.277 e. The van der Waals surface area contributed by atoms with Gasteiger partial charge in [0.1, 0.15) is 12.4 Å². The number of halogens is 2. The number of rotatable bonds is 5. The van der Waals surface area contributed by atoms with Crippen molar-refractivity contribution in [3.8, 4) is 5.75 Å². The molecule has 2 aromatic carbocycles. The van der Waals surface area contributed by atoms with Crippen LogP contribution in [0.25, 0.3) is 0 Å². The lowest BCUT2D eigenvalue weighted by molar-refractivity contribution is -0.385. The summed E-state index contributed by atoms with van der Waals surface area (Å²) in [6, 6.07) is 9.43. The number of aldehydes is 1. The van der Waals surface area contributed by atoms with Crippen LogP contribution in [0.5, 0.6) is 5.75 Å². The third-order valence-corrected chi connectivity index (χ3v) is 3.53. The van der Waals surface area contributed by atoms with Crippen molar-refractivity contribution in [3.63, 3.8) is 0 Å². The minimum atomic E-state index is -0.489. The molecule has 2 aromatic rings. The first-order valence-corrected chi connectivity index (χ1v) is 6.99. The number of para-hydroxylation sites is 1.